The Hall–Kier alpha value is -4.39. The molecule has 1 fully saturated rings. The fourth-order valence-electron chi connectivity index (χ4n) is 4.88. The van der Waals surface area contributed by atoms with E-state index in [1.54, 1.807) is 24.3 Å². The van der Waals surface area contributed by atoms with E-state index in [0.717, 1.165) is 29.0 Å². The number of hydrogen-bond donors (Lipinski definition) is 1. The molecule has 2 atom stereocenters. The predicted octanol–water partition coefficient (Wildman–Crippen LogP) is 7.56. The number of amidine groups is 1. The molecule has 1 aromatic heterocycles. The highest BCUT2D eigenvalue weighted by molar-refractivity contribution is 8.14. The number of aromatic nitrogens is 3. The molecular weight excluding hydrogens is 596 g/mol. The Balaban J connectivity index is 1.20. The van der Waals surface area contributed by atoms with Crippen LogP contribution in [0.2, 0.25) is 0 Å². The highest BCUT2D eigenvalue weighted by Crippen LogP contribution is 2.34. The molecule has 1 N–H and O–H groups in total. The van der Waals surface area contributed by atoms with Crippen molar-refractivity contribution in [1.82, 2.24) is 20.1 Å². The van der Waals surface area contributed by atoms with Gasteiger partial charge in [0.2, 0.25) is 0 Å². The normalized spacial score (nSPS) is 17.0. The van der Waals surface area contributed by atoms with E-state index in [1.165, 1.54) is 47.0 Å². The van der Waals surface area contributed by atoms with Gasteiger partial charge in [-0.2, -0.15) is 4.99 Å². The average Bonchev–Trinajstić information content (AvgIpc) is 3.47. The van der Waals surface area contributed by atoms with E-state index < -0.39 is 18.6 Å². The van der Waals surface area contributed by atoms with Crippen molar-refractivity contribution >= 4 is 28.6 Å². The molecule has 2 unspecified atom stereocenters. The summed E-state index contributed by atoms with van der Waals surface area (Å²) in [6.45, 7) is 5.92. The third-order valence-corrected chi connectivity index (χ3v) is 8.07. The Bertz CT molecular complexity index is 1620. The van der Waals surface area contributed by atoms with Crippen LogP contribution in [0.4, 0.5) is 28.0 Å². The van der Waals surface area contributed by atoms with Gasteiger partial charge >= 0.3 is 12.4 Å². The van der Waals surface area contributed by atoms with Gasteiger partial charge in [-0.1, -0.05) is 54.2 Å². The smallest absolute Gasteiger partial charge is 0.406 e. The lowest BCUT2D eigenvalue weighted by Gasteiger charge is -2.37. The lowest BCUT2D eigenvalue weighted by atomic mass is 10.1. The van der Waals surface area contributed by atoms with Crippen LogP contribution >= 0.6 is 11.8 Å². The molecule has 0 aliphatic carbocycles. The molecule has 0 bridgehead atoms. The van der Waals surface area contributed by atoms with Crippen LogP contribution < -0.4 is 15.0 Å². The Labute approximate surface area is 256 Å². The van der Waals surface area contributed by atoms with Crippen molar-refractivity contribution in [3.63, 3.8) is 0 Å². The third kappa shape index (κ3) is 7.39. The first kappa shape index (κ1) is 31.0. The number of benzene rings is 3. The molecule has 1 aliphatic heterocycles. The molecule has 5 rings (SSSR count). The monoisotopic (exact) mass is 626 g/mol. The van der Waals surface area contributed by atoms with Gasteiger partial charge in [0.25, 0.3) is 0 Å². The maximum absolute atomic E-state index is 15.1. The Morgan fingerprint density at radius 1 is 1.09 bits per heavy atom. The van der Waals surface area contributed by atoms with Crippen LogP contribution in [0.5, 0.6) is 5.75 Å². The van der Waals surface area contributed by atoms with Crippen molar-refractivity contribution in [2.75, 3.05) is 17.2 Å². The standard InChI is InChI=1S/C31H30F4N6O2S/c1-19-5-4-6-20(2)27(19)41-21(3)15-16-44-30(41)38-29(42)36-17-26(32)22-7-9-23(10-8-22)28-37-18-40(39-28)24-11-13-25(14-12-24)43-31(33,34)35/h4-14,18,21,26H,15-17H2,1-3H3,(H,36,42). The summed E-state index contributed by atoms with van der Waals surface area (Å²) < 4.78 is 57.6. The number of aryl methyl sites for hydroxylation is 2. The predicted molar refractivity (Wildman–Crippen MR) is 163 cm³/mol. The van der Waals surface area contributed by atoms with Gasteiger partial charge in [-0.3, -0.25) is 0 Å². The van der Waals surface area contributed by atoms with Crippen molar-refractivity contribution in [3.8, 4) is 22.8 Å². The van der Waals surface area contributed by atoms with Crippen LogP contribution in [0.1, 0.15) is 36.2 Å². The minimum absolute atomic E-state index is 0.161. The average molecular weight is 627 g/mol. The highest BCUT2D eigenvalue weighted by Gasteiger charge is 2.31. The zero-order valence-corrected chi connectivity index (χ0v) is 25.0. The number of urea groups is 1. The van der Waals surface area contributed by atoms with E-state index in [4.69, 9.17) is 0 Å². The number of carbonyl (C=O) groups is 1. The number of anilines is 1. The molecule has 1 aliphatic rings. The van der Waals surface area contributed by atoms with Gasteiger partial charge in [0.15, 0.2) is 11.0 Å². The second-order valence-electron chi connectivity index (χ2n) is 10.3. The van der Waals surface area contributed by atoms with Gasteiger partial charge in [0.1, 0.15) is 18.2 Å². The molecule has 2 amide bonds. The summed E-state index contributed by atoms with van der Waals surface area (Å²) in [5, 5.41) is 7.54. The first-order chi connectivity index (χ1) is 21.0. The molecule has 0 radical (unpaired) electrons. The van der Waals surface area contributed by atoms with Crippen molar-refractivity contribution < 1.29 is 27.1 Å². The van der Waals surface area contributed by atoms with Crippen molar-refractivity contribution in [2.45, 2.75) is 45.8 Å². The molecule has 44 heavy (non-hydrogen) atoms. The number of hydrogen-bond acceptors (Lipinski definition) is 5. The number of halogens is 4. The number of amides is 2. The van der Waals surface area contributed by atoms with Crippen LogP contribution in [0.25, 0.3) is 17.1 Å². The molecule has 2 heterocycles. The largest absolute Gasteiger partial charge is 0.573 e. The first-order valence-electron chi connectivity index (χ1n) is 13.9. The maximum Gasteiger partial charge on any atom is 0.573 e. The quantitative estimate of drug-likeness (QED) is 0.213. The van der Waals surface area contributed by atoms with Gasteiger partial charge in [-0.25, -0.2) is 18.9 Å². The van der Waals surface area contributed by atoms with Crippen LogP contribution in [0.3, 0.4) is 0 Å². The van der Waals surface area contributed by atoms with Crippen LogP contribution in [-0.2, 0) is 0 Å². The van der Waals surface area contributed by atoms with Crippen molar-refractivity contribution in [1.29, 1.82) is 0 Å². The molecule has 13 heteroatoms. The molecule has 1 saturated heterocycles. The van der Waals surface area contributed by atoms with E-state index in [9.17, 15) is 18.0 Å². The summed E-state index contributed by atoms with van der Waals surface area (Å²) in [6, 6.07) is 17.3. The van der Waals surface area contributed by atoms with Gasteiger partial charge < -0.3 is 15.0 Å². The molecule has 230 valence electrons. The summed E-state index contributed by atoms with van der Waals surface area (Å²) in [6.07, 6.45) is -3.87. The number of alkyl halides is 4. The van der Waals surface area contributed by atoms with Crippen LogP contribution in [0.15, 0.2) is 78.0 Å². The molecular formula is C31H30F4N6O2S. The minimum atomic E-state index is -4.78. The van der Waals surface area contributed by atoms with Crippen molar-refractivity contribution in [2.24, 2.45) is 4.99 Å². The lowest BCUT2D eigenvalue weighted by Crippen LogP contribution is -2.43. The lowest BCUT2D eigenvalue weighted by molar-refractivity contribution is -0.274. The highest BCUT2D eigenvalue weighted by atomic mass is 32.2. The fourth-order valence-corrected chi connectivity index (χ4v) is 6.08. The van der Waals surface area contributed by atoms with Gasteiger partial charge in [0.05, 0.1) is 12.2 Å². The fraction of sp³-hybridized carbons (Fsp3) is 0.290. The van der Waals surface area contributed by atoms with Gasteiger partial charge in [-0.15, -0.1) is 18.3 Å². The van der Waals surface area contributed by atoms with Crippen LogP contribution in [0, 0.1) is 13.8 Å². The van der Waals surface area contributed by atoms with E-state index in [-0.39, 0.29) is 18.3 Å². The number of nitrogens with zero attached hydrogens (tertiary/aromatic N) is 5. The zero-order chi connectivity index (χ0) is 31.4. The van der Waals surface area contributed by atoms with E-state index >= 15 is 4.39 Å². The summed E-state index contributed by atoms with van der Waals surface area (Å²) in [4.78, 5) is 23.4. The summed E-state index contributed by atoms with van der Waals surface area (Å²) in [5.41, 5.74) is 4.68. The Morgan fingerprint density at radius 2 is 1.77 bits per heavy atom. The Morgan fingerprint density at radius 3 is 2.43 bits per heavy atom. The van der Waals surface area contributed by atoms with E-state index in [0.29, 0.717) is 27.8 Å². The van der Waals surface area contributed by atoms with Crippen molar-refractivity contribution in [3.05, 3.63) is 89.7 Å². The number of para-hydroxylation sites is 1. The second kappa shape index (κ2) is 13.1. The molecule has 4 aromatic rings. The number of carbonyl (C=O) groups excluding carboxylic acids is 1. The number of rotatable bonds is 7. The Kier molecular flexibility index (Phi) is 9.23. The molecule has 3 aromatic carbocycles. The topological polar surface area (TPSA) is 84.6 Å². The SMILES string of the molecule is Cc1cccc(C)c1N1C(=NC(=O)NCC(F)c2ccc(-c3ncn(-c4ccc(OC(F)(F)F)cc4)n3)cc2)SCCC1C. The summed E-state index contributed by atoms with van der Waals surface area (Å²) >= 11 is 1.51. The number of aliphatic imine (C=N–C) groups is 1. The number of ether oxygens (including phenoxy) is 1. The maximum atomic E-state index is 15.1. The zero-order valence-electron chi connectivity index (χ0n) is 24.2. The second-order valence-corrected chi connectivity index (χ2v) is 11.4. The van der Waals surface area contributed by atoms with Gasteiger partial charge in [0, 0.05) is 23.0 Å². The van der Waals surface area contributed by atoms with Gasteiger partial charge in [-0.05, 0) is 68.1 Å². The number of thioether (sulfide) groups is 1. The molecule has 8 nitrogen and oxygen atoms in total. The molecule has 0 spiro atoms. The summed E-state index contributed by atoms with van der Waals surface area (Å²) in [5.74, 6) is 0.839. The number of nitrogens with one attached hydrogen (secondary N) is 1. The summed E-state index contributed by atoms with van der Waals surface area (Å²) in [7, 11) is 0. The third-order valence-electron chi connectivity index (χ3n) is 7.08. The first-order valence-corrected chi connectivity index (χ1v) is 14.8. The van der Waals surface area contributed by atoms with E-state index in [1.807, 2.05) is 32.0 Å². The van der Waals surface area contributed by atoms with E-state index in [2.05, 4.69) is 37.0 Å². The minimum Gasteiger partial charge on any atom is -0.406 e. The van der Waals surface area contributed by atoms with Crippen LogP contribution in [-0.4, -0.2) is 50.7 Å². The molecule has 0 saturated carbocycles.